The summed E-state index contributed by atoms with van der Waals surface area (Å²) in [5.74, 6) is 0. The Bertz CT molecular complexity index is 96.7. The minimum absolute atomic E-state index is 0. The molecule has 12 heavy (non-hydrogen) atoms. The minimum Gasteiger partial charge on any atom is -1.00 e. The smallest absolute Gasteiger partial charge is 0.0834 e. The van der Waals surface area contributed by atoms with Gasteiger partial charge in [-0.25, -0.2) is 0 Å². The van der Waals surface area contributed by atoms with Crippen molar-refractivity contribution in [2.75, 3.05) is 55.4 Å². The summed E-state index contributed by atoms with van der Waals surface area (Å²) in [5.41, 5.74) is 0. The van der Waals surface area contributed by atoms with Crippen molar-refractivity contribution in [1.29, 1.82) is 0 Å². The van der Waals surface area contributed by atoms with Gasteiger partial charge < -0.3 is 32.9 Å². The molecule has 0 unspecified atom stereocenters. The molecule has 0 fully saturated rings. The van der Waals surface area contributed by atoms with Gasteiger partial charge in [0.1, 0.15) is 0 Å². The van der Waals surface area contributed by atoms with Crippen molar-refractivity contribution in [3.05, 3.63) is 0 Å². The molecule has 0 bridgehead atoms. The fourth-order valence-corrected chi connectivity index (χ4v) is 1.02. The van der Waals surface area contributed by atoms with Gasteiger partial charge in [0.2, 0.25) is 0 Å². The first-order valence-corrected chi connectivity index (χ1v) is 4.32. The predicted octanol–water partition coefficient (Wildman–Crippen LogP) is -2.21. The van der Waals surface area contributed by atoms with E-state index in [0.29, 0.717) is 0 Å². The second kappa shape index (κ2) is 5.40. The van der Waals surface area contributed by atoms with E-state index in [-0.39, 0.29) is 24.0 Å². The molecule has 0 radical (unpaired) electrons. The van der Waals surface area contributed by atoms with E-state index in [4.69, 9.17) is 0 Å². The van der Waals surface area contributed by atoms with E-state index < -0.39 is 0 Å². The Balaban J connectivity index is 0. The lowest BCUT2D eigenvalue weighted by molar-refractivity contribution is -0.890. The summed E-state index contributed by atoms with van der Waals surface area (Å²) in [4.78, 5) is 0. The summed E-state index contributed by atoms with van der Waals surface area (Å²) in [6.45, 7) is 2.55. The van der Waals surface area contributed by atoms with Gasteiger partial charge in [-0.2, -0.15) is 0 Å². The highest BCUT2D eigenvalue weighted by molar-refractivity contribution is 4.33. The molecule has 0 aromatic rings. The van der Waals surface area contributed by atoms with E-state index in [1.807, 2.05) is 0 Å². The molecule has 0 saturated carbocycles. The van der Waals surface area contributed by atoms with Crippen molar-refractivity contribution >= 4 is 0 Å². The quantitative estimate of drug-likeness (QED) is 0.406. The Kier molecular flexibility index (Phi) is 6.81. The first-order chi connectivity index (χ1) is 4.71. The van der Waals surface area contributed by atoms with Gasteiger partial charge in [-0.05, 0) is 0 Å². The molecule has 0 N–H and O–H groups in total. The predicted molar refractivity (Wildman–Crippen MR) is 50.4 cm³/mol. The van der Waals surface area contributed by atoms with Crippen LogP contribution in [0.25, 0.3) is 0 Å². The summed E-state index contributed by atoms with van der Waals surface area (Å²) in [5, 5.41) is 0. The Labute approximate surface area is 94.7 Å². The van der Waals surface area contributed by atoms with Crippen LogP contribution in [0.5, 0.6) is 0 Å². The van der Waals surface area contributed by atoms with Crippen LogP contribution < -0.4 is 24.0 Å². The van der Waals surface area contributed by atoms with Crippen LogP contribution >= 0.6 is 0 Å². The zero-order valence-electron chi connectivity index (χ0n) is 9.39. The summed E-state index contributed by atoms with van der Waals surface area (Å²) < 4.78 is 2.17. The Morgan fingerprint density at radius 3 is 1.08 bits per heavy atom. The third-order valence-electron chi connectivity index (χ3n) is 1.66. The van der Waals surface area contributed by atoms with Crippen LogP contribution in [0.15, 0.2) is 0 Å². The number of halogens is 1. The van der Waals surface area contributed by atoms with Crippen molar-refractivity contribution in [3.63, 3.8) is 0 Å². The lowest BCUT2D eigenvalue weighted by Crippen LogP contribution is -3.00. The van der Waals surface area contributed by atoms with Crippen molar-refractivity contribution in [3.8, 4) is 0 Å². The lowest BCUT2D eigenvalue weighted by atomic mass is 10.3. The lowest BCUT2D eigenvalue weighted by Gasteiger charge is -2.28. The van der Waals surface area contributed by atoms with Crippen LogP contribution in [-0.4, -0.2) is 64.3 Å². The molecule has 0 heterocycles. The second-order valence-electron chi connectivity index (χ2n) is 5.38. The van der Waals surface area contributed by atoms with E-state index in [2.05, 4.69) is 42.3 Å². The summed E-state index contributed by atoms with van der Waals surface area (Å²) in [6.07, 6.45) is 1.31. The molecule has 0 spiro atoms. The SMILES string of the molecule is C[N+](C)(C)CCC[N+](C)(C)C.[I-]. The molecule has 0 saturated heterocycles. The van der Waals surface area contributed by atoms with Crippen molar-refractivity contribution in [1.82, 2.24) is 0 Å². The van der Waals surface area contributed by atoms with E-state index in [0.717, 1.165) is 8.97 Å². The molecule has 0 atom stereocenters. The van der Waals surface area contributed by atoms with Gasteiger partial charge in [0.05, 0.1) is 55.4 Å². The van der Waals surface area contributed by atoms with Gasteiger partial charge in [0.15, 0.2) is 0 Å². The summed E-state index contributed by atoms with van der Waals surface area (Å²) in [6, 6.07) is 0. The van der Waals surface area contributed by atoms with Gasteiger partial charge >= 0.3 is 0 Å². The van der Waals surface area contributed by atoms with Crippen molar-refractivity contribution < 1.29 is 32.9 Å². The normalized spacial score (nSPS) is 12.5. The molecule has 3 heteroatoms. The zero-order chi connectivity index (χ0) is 9.12. The van der Waals surface area contributed by atoms with Crippen molar-refractivity contribution in [2.24, 2.45) is 0 Å². The first kappa shape index (κ1) is 15.1. The maximum atomic E-state index is 2.25. The molecule has 2 nitrogen and oxygen atoms in total. The molecule has 0 amide bonds. The third kappa shape index (κ3) is 13.3. The fraction of sp³-hybridized carbons (Fsp3) is 1.00. The minimum atomic E-state index is 0. The monoisotopic (exact) mass is 287 g/mol. The van der Waals surface area contributed by atoms with E-state index in [9.17, 15) is 0 Å². The standard InChI is InChI=1S/C9H24N2.HI/c1-10(2,3)8-7-9-11(4,5)6;/h7-9H2,1-6H3;1H/q+2;/p-1. The average Bonchev–Trinajstić information content (AvgIpc) is 1.55. The summed E-state index contributed by atoms with van der Waals surface area (Å²) in [7, 11) is 13.5. The molecule has 0 rings (SSSR count). The molecular weight excluding hydrogens is 263 g/mol. The number of quaternary nitrogens is 2. The highest BCUT2D eigenvalue weighted by Crippen LogP contribution is 1.98. The van der Waals surface area contributed by atoms with Crippen LogP contribution in [0.2, 0.25) is 0 Å². The highest BCUT2D eigenvalue weighted by atomic mass is 127. The van der Waals surface area contributed by atoms with Crippen LogP contribution in [0, 0.1) is 0 Å². The molecule has 76 valence electrons. The van der Waals surface area contributed by atoms with Crippen LogP contribution in [-0.2, 0) is 0 Å². The molecule has 0 aliphatic rings. The van der Waals surface area contributed by atoms with E-state index in [1.165, 1.54) is 19.5 Å². The third-order valence-corrected chi connectivity index (χ3v) is 1.66. The maximum Gasteiger partial charge on any atom is 0.0834 e. The number of nitrogens with zero attached hydrogens (tertiary/aromatic N) is 2. The average molecular weight is 287 g/mol. The van der Waals surface area contributed by atoms with Gasteiger partial charge in [-0.15, -0.1) is 0 Å². The molecule has 0 aliphatic heterocycles. The Morgan fingerprint density at radius 2 is 0.917 bits per heavy atom. The van der Waals surface area contributed by atoms with Gasteiger partial charge in [0, 0.05) is 6.42 Å². The van der Waals surface area contributed by atoms with Crippen LogP contribution in [0.4, 0.5) is 0 Å². The topological polar surface area (TPSA) is 0 Å². The number of hydrogen-bond donors (Lipinski definition) is 0. The van der Waals surface area contributed by atoms with E-state index >= 15 is 0 Å². The fourth-order valence-electron chi connectivity index (χ4n) is 1.02. The Morgan fingerprint density at radius 1 is 0.667 bits per heavy atom. The van der Waals surface area contributed by atoms with Gasteiger partial charge in [-0.3, -0.25) is 0 Å². The highest BCUT2D eigenvalue weighted by Gasteiger charge is 2.11. The van der Waals surface area contributed by atoms with Gasteiger partial charge in [0.25, 0.3) is 0 Å². The molecule has 0 aliphatic carbocycles. The van der Waals surface area contributed by atoms with Crippen LogP contribution in [0.1, 0.15) is 6.42 Å². The molecular formula is C9H24IN2+. The zero-order valence-corrected chi connectivity index (χ0v) is 11.6. The Hall–Kier alpha value is 0.650. The number of rotatable bonds is 4. The summed E-state index contributed by atoms with van der Waals surface area (Å²) >= 11 is 0. The largest absolute Gasteiger partial charge is 1.00 e. The number of hydrogen-bond acceptors (Lipinski definition) is 0. The van der Waals surface area contributed by atoms with E-state index in [1.54, 1.807) is 0 Å². The molecule has 0 aromatic heterocycles. The maximum absolute atomic E-state index is 2.25. The molecule has 0 aromatic carbocycles. The van der Waals surface area contributed by atoms with Crippen molar-refractivity contribution in [2.45, 2.75) is 6.42 Å². The van der Waals surface area contributed by atoms with Crippen LogP contribution in [0.3, 0.4) is 0 Å². The first-order valence-electron chi connectivity index (χ1n) is 4.32. The van der Waals surface area contributed by atoms with Gasteiger partial charge in [-0.1, -0.05) is 0 Å². The second-order valence-corrected chi connectivity index (χ2v) is 5.38.